The first-order chi connectivity index (χ1) is 4.18. The Morgan fingerprint density at radius 2 is 1.82 bits per heavy atom. The van der Waals surface area contributed by atoms with E-state index >= 15 is 0 Å². The highest BCUT2D eigenvalue weighted by Gasteiger charge is 2.22. The van der Waals surface area contributed by atoms with Crippen molar-refractivity contribution in [2.45, 2.75) is 19.9 Å². The molecule has 11 heavy (non-hydrogen) atoms. The van der Waals surface area contributed by atoms with E-state index in [9.17, 15) is 0 Å². The summed E-state index contributed by atoms with van der Waals surface area (Å²) < 4.78 is 0. The molecule has 1 aliphatic rings. The Bertz CT molecular complexity index is 92.4. The summed E-state index contributed by atoms with van der Waals surface area (Å²) in [6, 6.07) is 0.462. The average Bonchev–Trinajstić information content (AvgIpc) is 1.60. The van der Waals surface area contributed by atoms with Crippen molar-refractivity contribution in [1.82, 2.24) is 4.90 Å². The zero-order valence-corrected chi connectivity index (χ0v) is 8.75. The van der Waals surface area contributed by atoms with Crippen LogP contribution in [0.1, 0.15) is 13.8 Å². The van der Waals surface area contributed by atoms with E-state index in [0.29, 0.717) is 6.04 Å². The van der Waals surface area contributed by atoms with E-state index in [4.69, 9.17) is 5.73 Å². The Labute approximate surface area is 81.3 Å². The topological polar surface area (TPSA) is 29.3 Å². The van der Waals surface area contributed by atoms with Crippen LogP contribution in [0.2, 0.25) is 0 Å². The molecule has 0 amide bonds. The summed E-state index contributed by atoms with van der Waals surface area (Å²) in [5, 5.41) is 0. The summed E-state index contributed by atoms with van der Waals surface area (Å²) in [6.07, 6.45) is 0. The molecule has 0 radical (unpaired) electrons. The molecule has 1 saturated heterocycles. The second-order valence-corrected chi connectivity index (χ2v) is 3.37. The number of nitrogens with two attached hydrogens (primary N) is 1. The van der Waals surface area contributed by atoms with Crippen molar-refractivity contribution < 1.29 is 0 Å². The van der Waals surface area contributed by atoms with Crippen LogP contribution in [0.4, 0.5) is 0 Å². The van der Waals surface area contributed by atoms with Gasteiger partial charge in [-0.15, -0.1) is 24.8 Å². The number of rotatable bonds is 2. The fourth-order valence-corrected chi connectivity index (χ4v) is 1.28. The summed E-state index contributed by atoms with van der Waals surface area (Å²) >= 11 is 0. The molecule has 0 aliphatic carbocycles. The van der Waals surface area contributed by atoms with Crippen molar-refractivity contribution in [2.24, 2.45) is 11.7 Å². The highest BCUT2D eigenvalue weighted by atomic mass is 35.5. The van der Waals surface area contributed by atoms with Crippen LogP contribution in [0.15, 0.2) is 0 Å². The second kappa shape index (κ2) is 6.06. The SMILES string of the molecule is CC(C)CN1CC(N)C1.Cl.Cl. The molecular weight excluding hydrogens is 183 g/mol. The van der Waals surface area contributed by atoms with Gasteiger partial charge in [-0.3, -0.25) is 4.90 Å². The molecule has 1 aliphatic heterocycles. The third kappa shape index (κ3) is 4.86. The quantitative estimate of drug-likeness (QED) is 0.725. The predicted octanol–water partition coefficient (Wildman–Crippen LogP) is 1.13. The van der Waals surface area contributed by atoms with Crippen molar-refractivity contribution in [3.63, 3.8) is 0 Å². The first-order valence-electron chi connectivity index (χ1n) is 3.66. The van der Waals surface area contributed by atoms with E-state index in [-0.39, 0.29) is 24.8 Å². The van der Waals surface area contributed by atoms with Crippen LogP contribution < -0.4 is 5.73 Å². The Hall–Kier alpha value is 0.500. The third-order valence-corrected chi connectivity index (χ3v) is 1.61. The molecule has 0 aromatic carbocycles. The maximum atomic E-state index is 5.60. The molecule has 0 aromatic heterocycles. The lowest BCUT2D eigenvalue weighted by Gasteiger charge is -2.37. The fourth-order valence-electron chi connectivity index (χ4n) is 1.28. The molecule has 0 aromatic rings. The Morgan fingerprint density at radius 1 is 1.36 bits per heavy atom. The van der Waals surface area contributed by atoms with Crippen molar-refractivity contribution in [1.29, 1.82) is 0 Å². The van der Waals surface area contributed by atoms with Crippen LogP contribution in [0.5, 0.6) is 0 Å². The van der Waals surface area contributed by atoms with E-state index in [1.54, 1.807) is 0 Å². The third-order valence-electron chi connectivity index (χ3n) is 1.61. The molecule has 2 N–H and O–H groups in total. The molecule has 0 bridgehead atoms. The molecule has 2 nitrogen and oxygen atoms in total. The monoisotopic (exact) mass is 200 g/mol. The van der Waals surface area contributed by atoms with E-state index in [1.807, 2.05) is 0 Å². The average molecular weight is 201 g/mol. The minimum absolute atomic E-state index is 0. The van der Waals surface area contributed by atoms with Crippen LogP contribution in [-0.4, -0.2) is 30.6 Å². The summed E-state index contributed by atoms with van der Waals surface area (Å²) in [5.74, 6) is 0.789. The van der Waals surface area contributed by atoms with E-state index in [2.05, 4.69) is 18.7 Å². The van der Waals surface area contributed by atoms with Gasteiger partial charge in [0.1, 0.15) is 0 Å². The van der Waals surface area contributed by atoms with Crippen LogP contribution in [0, 0.1) is 5.92 Å². The molecule has 1 rings (SSSR count). The Kier molecular flexibility index (Phi) is 7.75. The van der Waals surface area contributed by atoms with Crippen LogP contribution in [-0.2, 0) is 0 Å². The summed E-state index contributed by atoms with van der Waals surface area (Å²) in [4.78, 5) is 2.40. The Balaban J connectivity index is 0. The van der Waals surface area contributed by atoms with E-state index in [0.717, 1.165) is 19.0 Å². The molecule has 0 saturated carbocycles. The largest absolute Gasteiger partial charge is 0.325 e. The van der Waals surface area contributed by atoms with Crippen molar-refractivity contribution >= 4 is 24.8 Å². The minimum atomic E-state index is 0. The summed E-state index contributed by atoms with van der Waals surface area (Å²) in [5.41, 5.74) is 5.60. The van der Waals surface area contributed by atoms with Gasteiger partial charge in [0.15, 0.2) is 0 Å². The van der Waals surface area contributed by atoms with Gasteiger partial charge in [0, 0.05) is 25.7 Å². The standard InChI is InChI=1S/C7H16N2.2ClH/c1-6(2)3-9-4-7(8)5-9;;/h6-7H,3-5,8H2,1-2H3;2*1H. The normalized spacial score (nSPS) is 18.5. The lowest BCUT2D eigenvalue weighted by atomic mass is 10.1. The Morgan fingerprint density at radius 3 is 2.09 bits per heavy atom. The zero-order valence-electron chi connectivity index (χ0n) is 7.12. The van der Waals surface area contributed by atoms with Crippen LogP contribution in [0.3, 0.4) is 0 Å². The van der Waals surface area contributed by atoms with Gasteiger partial charge < -0.3 is 5.73 Å². The van der Waals surface area contributed by atoms with Gasteiger partial charge in [-0.05, 0) is 5.92 Å². The maximum Gasteiger partial charge on any atom is 0.0297 e. The number of hydrogen-bond acceptors (Lipinski definition) is 2. The van der Waals surface area contributed by atoms with Crippen molar-refractivity contribution in [3.8, 4) is 0 Å². The predicted molar refractivity (Wildman–Crippen MR) is 53.7 cm³/mol. The maximum absolute atomic E-state index is 5.60. The first-order valence-corrected chi connectivity index (χ1v) is 3.66. The van der Waals surface area contributed by atoms with Crippen LogP contribution in [0.25, 0.3) is 0 Å². The number of nitrogens with zero attached hydrogens (tertiary/aromatic N) is 1. The highest BCUT2D eigenvalue weighted by Crippen LogP contribution is 2.07. The molecular formula is C7H18Cl2N2. The van der Waals surface area contributed by atoms with Gasteiger partial charge in [0.05, 0.1) is 0 Å². The van der Waals surface area contributed by atoms with Gasteiger partial charge in [0.25, 0.3) is 0 Å². The van der Waals surface area contributed by atoms with Gasteiger partial charge in [0.2, 0.25) is 0 Å². The van der Waals surface area contributed by atoms with Gasteiger partial charge in [-0.2, -0.15) is 0 Å². The fraction of sp³-hybridized carbons (Fsp3) is 1.00. The smallest absolute Gasteiger partial charge is 0.0297 e. The zero-order chi connectivity index (χ0) is 6.85. The number of hydrogen-bond donors (Lipinski definition) is 1. The van der Waals surface area contributed by atoms with Gasteiger partial charge in [-0.1, -0.05) is 13.8 Å². The number of halogens is 2. The first kappa shape index (κ1) is 14.0. The molecule has 70 valence electrons. The van der Waals surface area contributed by atoms with Gasteiger partial charge >= 0.3 is 0 Å². The molecule has 0 atom stereocenters. The minimum Gasteiger partial charge on any atom is -0.325 e. The van der Waals surface area contributed by atoms with E-state index in [1.165, 1.54) is 6.54 Å². The van der Waals surface area contributed by atoms with E-state index < -0.39 is 0 Å². The molecule has 4 heteroatoms. The van der Waals surface area contributed by atoms with Crippen molar-refractivity contribution in [3.05, 3.63) is 0 Å². The van der Waals surface area contributed by atoms with Crippen molar-refractivity contribution in [2.75, 3.05) is 19.6 Å². The van der Waals surface area contributed by atoms with Gasteiger partial charge in [-0.25, -0.2) is 0 Å². The second-order valence-electron chi connectivity index (χ2n) is 3.37. The highest BCUT2D eigenvalue weighted by molar-refractivity contribution is 5.85. The molecule has 0 unspecified atom stereocenters. The van der Waals surface area contributed by atoms with Crippen LogP contribution >= 0.6 is 24.8 Å². The molecule has 1 fully saturated rings. The number of likely N-dealkylation sites (tertiary alicyclic amines) is 1. The summed E-state index contributed by atoms with van der Waals surface area (Å²) in [7, 11) is 0. The lowest BCUT2D eigenvalue weighted by molar-refractivity contribution is 0.134. The molecule has 0 spiro atoms. The lowest BCUT2D eigenvalue weighted by Crippen LogP contribution is -2.56. The molecule has 1 heterocycles. The summed E-state index contributed by atoms with van der Waals surface area (Å²) in [6.45, 7) is 7.91.